The van der Waals surface area contributed by atoms with Crippen molar-refractivity contribution in [3.8, 4) is 6.07 Å². The lowest BCUT2D eigenvalue weighted by Crippen LogP contribution is -2.53. The molecule has 6 nitrogen and oxygen atoms in total. The van der Waals surface area contributed by atoms with E-state index < -0.39 is 5.60 Å². The number of ether oxygens (including phenoxy) is 1. The Labute approximate surface area is 129 Å². The quantitative estimate of drug-likeness (QED) is 0.919. The van der Waals surface area contributed by atoms with Crippen molar-refractivity contribution in [1.82, 2.24) is 4.90 Å². The molecule has 0 spiro atoms. The average molecular weight is 301 g/mol. The molecule has 1 aromatic carbocycles. The fourth-order valence-electron chi connectivity index (χ4n) is 3.11. The first-order valence-corrected chi connectivity index (χ1v) is 7.47. The summed E-state index contributed by atoms with van der Waals surface area (Å²) in [6.45, 7) is 1.61. The number of nitrogens with zero attached hydrogens (tertiary/aromatic N) is 3. The summed E-state index contributed by atoms with van der Waals surface area (Å²) in [6.07, 6.45) is 0.737. The topological polar surface area (TPSA) is 76.8 Å². The molecular formula is C16H19N3O3. The van der Waals surface area contributed by atoms with Gasteiger partial charge in [0.2, 0.25) is 0 Å². The Morgan fingerprint density at radius 2 is 2.00 bits per heavy atom. The van der Waals surface area contributed by atoms with Crippen LogP contribution < -0.4 is 4.90 Å². The van der Waals surface area contributed by atoms with Crippen molar-refractivity contribution in [2.24, 2.45) is 0 Å². The molecule has 1 N–H and O–H groups in total. The van der Waals surface area contributed by atoms with Gasteiger partial charge in [-0.25, -0.2) is 4.79 Å². The molecule has 1 aromatic rings. The minimum Gasteiger partial charge on any atom is -0.445 e. The molecular weight excluding hydrogens is 282 g/mol. The van der Waals surface area contributed by atoms with E-state index in [1.165, 1.54) is 0 Å². The number of nitriles is 1. The van der Waals surface area contributed by atoms with Crippen LogP contribution in [0.5, 0.6) is 0 Å². The van der Waals surface area contributed by atoms with Gasteiger partial charge in [-0.05, 0) is 25.0 Å². The van der Waals surface area contributed by atoms with Gasteiger partial charge < -0.3 is 9.84 Å². The van der Waals surface area contributed by atoms with Gasteiger partial charge >= 0.3 is 6.09 Å². The summed E-state index contributed by atoms with van der Waals surface area (Å²) in [7, 11) is 0. The zero-order valence-electron chi connectivity index (χ0n) is 12.3. The van der Waals surface area contributed by atoms with Gasteiger partial charge in [0.1, 0.15) is 12.8 Å². The van der Waals surface area contributed by atoms with Crippen molar-refractivity contribution in [3.05, 3.63) is 30.3 Å². The van der Waals surface area contributed by atoms with Crippen LogP contribution in [0.2, 0.25) is 0 Å². The number of benzene rings is 1. The summed E-state index contributed by atoms with van der Waals surface area (Å²) in [6, 6.07) is 11.5. The van der Waals surface area contributed by atoms with Crippen LogP contribution in [0.1, 0.15) is 19.3 Å². The first-order valence-electron chi connectivity index (χ1n) is 7.47. The molecule has 2 aliphatic rings. The third kappa shape index (κ3) is 2.78. The second kappa shape index (κ2) is 5.95. The molecule has 2 aliphatic heterocycles. The van der Waals surface area contributed by atoms with Gasteiger partial charge in [-0.1, -0.05) is 18.2 Å². The number of amides is 1. The van der Waals surface area contributed by atoms with Crippen molar-refractivity contribution >= 4 is 11.8 Å². The van der Waals surface area contributed by atoms with E-state index in [1.54, 1.807) is 4.90 Å². The Morgan fingerprint density at radius 3 is 2.64 bits per heavy atom. The number of carbonyl (C=O) groups excluding carboxylic acids is 1. The molecule has 0 aromatic heterocycles. The smallest absolute Gasteiger partial charge is 0.415 e. The van der Waals surface area contributed by atoms with E-state index in [-0.39, 0.29) is 18.7 Å². The Hall–Kier alpha value is -2.10. The highest BCUT2D eigenvalue weighted by molar-refractivity contribution is 5.90. The van der Waals surface area contributed by atoms with Crippen molar-refractivity contribution in [1.29, 1.82) is 5.26 Å². The number of cyclic esters (lactones) is 1. The molecule has 3 rings (SSSR count). The van der Waals surface area contributed by atoms with Gasteiger partial charge in [-0.2, -0.15) is 5.26 Å². The Bertz CT molecular complexity index is 576. The second-order valence-corrected chi connectivity index (χ2v) is 5.86. The predicted molar refractivity (Wildman–Crippen MR) is 80.0 cm³/mol. The molecule has 116 valence electrons. The van der Waals surface area contributed by atoms with Crippen molar-refractivity contribution < 1.29 is 14.6 Å². The third-order valence-electron chi connectivity index (χ3n) is 4.44. The fourth-order valence-corrected chi connectivity index (χ4v) is 3.11. The molecule has 1 atom stereocenters. The lowest BCUT2D eigenvalue weighted by Gasteiger charge is -2.41. The van der Waals surface area contributed by atoms with Gasteiger partial charge in [-0.15, -0.1) is 0 Å². The molecule has 0 aliphatic carbocycles. The Balaban J connectivity index is 1.72. The van der Waals surface area contributed by atoms with Gasteiger partial charge in [0.15, 0.2) is 0 Å². The highest BCUT2D eigenvalue weighted by Crippen LogP contribution is 2.30. The third-order valence-corrected chi connectivity index (χ3v) is 4.44. The maximum Gasteiger partial charge on any atom is 0.415 e. The number of para-hydroxylation sites is 1. The molecule has 0 saturated carbocycles. The maximum atomic E-state index is 12.0. The maximum absolute atomic E-state index is 12.0. The van der Waals surface area contributed by atoms with Crippen molar-refractivity contribution in [2.45, 2.75) is 31.0 Å². The number of carbonyl (C=O) groups is 1. The van der Waals surface area contributed by atoms with Crippen LogP contribution in [0.25, 0.3) is 0 Å². The van der Waals surface area contributed by atoms with Crippen LogP contribution in [0.15, 0.2) is 30.3 Å². The van der Waals surface area contributed by atoms with Gasteiger partial charge in [0, 0.05) is 18.8 Å². The molecule has 2 heterocycles. The van der Waals surface area contributed by atoms with Crippen molar-refractivity contribution in [2.75, 3.05) is 24.6 Å². The first-order chi connectivity index (χ1) is 10.6. The average Bonchev–Trinajstić information content (AvgIpc) is 2.91. The van der Waals surface area contributed by atoms with E-state index in [0.717, 1.165) is 5.69 Å². The summed E-state index contributed by atoms with van der Waals surface area (Å²) in [5, 5.41) is 19.1. The lowest BCUT2D eigenvalue weighted by molar-refractivity contribution is -0.0277. The van der Waals surface area contributed by atoms with E-state index >= 15 is 0 Å². The summed E-state index contributed by atoms with van der Waals surface area (Å²) in [5.41, 5.74) is -0.0837. The SMILES string of the molecule is N#CCC1(O)CCN(C2COC(=O)N2c2ccccc2)CC1. The standard InChI is InChI=1S/C16H19N3O3/c17-9-6-16(21)7-10-18(11-8-16)14-12-22-15(20)19(14)13-4-2-1-3-5-13/h1-5,14,21H,6-8,10-12H2. The summed E-state index contributed by atoms with van der Waals surface area (Å²) in [4.78, 5) is 15.8. The van der Waals surface area contributed by atoms with Gasteiger partial charge in [0.25, 0.3) is 0 Å². The number of aliphatic hydroxyl groups is 1. The number of rotatable bonds is 3. The summed E-state index contributed by atoms with van der Waals surface area (Å²) >= 11 is 0. The van der Waals surface area contributed by atoms with E-state index in [9.17, 15) is 9.90 Å². The molecule has 6 heteroatoms. The second-order valence-electron chi connectivity index (χ2n) is 5.86. The number of likely N-dealkylation sites (tertiary alicyclic amines) is 1. The predicted octanol–water partition coefficient (Wildman–Crippen LogP) is 1.71. The number of piperidine rings is 1. The molecule has 0 bridgehead atoms. The van der Waals surface area contributed by atoms with Gasteiger partial charge in [0.05, 0.1) is 18.1 Å². The number of hydrogen-bond donors (Lipinski definition) is 1. The van der Waals surface area contributed by atoms with E-state index in [0.29, 0.717) is 32.5 Å². The zero-order chi connectivity index (χ0) is 15.6. The van der Waals surface area contributed by atoms with Crippen LogP contribution in [0.3, 0.4) is 0 Å². The van der Waals surface area contributed by atoms with Crippen LogP contribution >= 0.6 is 0 Å². The molecule has 1 amide bonds. The normalized spacial score (nSPS) is 24.8. The highest BCUT2D eigenvalue weighted by atomic mass is 16.6. The number of hydrogen-bond acceptors (Lipinski definition) is 5. The zero-order valence-corrected chi connectivity index (χ0v) is 12.3. The van der Waals surface area contributed by atoms with Crippen LogP contribution in [-0.4, -0.2) is 47.6 Å². The van der Waals surface area contributed by atoms with E-state index in [1.807, 2.05) is 36.4 Å². The van der Waals surface area contributed by atoms with E-state index in [4.69, 9.17) is 10.00 Å². The van der Waals surface area contributed by atoms with Gasteiger partial charge in [-0.3, -0.25) is 9.80 Å². The minimum atomic E-state index is -0.897. The monoisotopic (exact) mass is 301 g/mol. The van der Waals surface area contributed by atoms with E-state index in [2.05, 4.69) is 4.90 Å². The fraction of sp³-hybridized carbons (Fsp3) is 0.500. The minimum absolute atomic E-state index is 0.151. The Kier molecular flexibility index (Phi) is 4.01. The molecule has 1 unspecified atom stereocenters. The summed E-state index contributed by atoms with van der Waals surface area (Å²) < 4.78 is 5.22. The van der Waals surface area contributed by atoms with Crippen molar-refractivity contribution in [3.63, 3.8) is 0 Å². The largest absolute Gasteiger partial charge is 0.445 e. The first kappa shape index (κ1) is 14.8. The highest BCUT2D eigenvalue weighted by Gasteiger charge is 2.42. The van der Waals surface area contributed by atoms with Crippen LogP contribution in [0, 0.1) is 11.3 Å². The van der Waals surface area contributed by atoms with Crippen LogP contribution in [0.4, 0.5) is 10.5 Å². The molecule has 2 saturated heterocycles. The number of anilines is 1. The molecule has 2 fully saturated rings. The van der Waals surface area contributed by atoms with Crippen LogP contribution in [-0.2, 0) is 4.74 Å². The Morgan fingerprint density at radius 1 is 1.32 bits per heavy atom. The summed E-state index contributed by atoms with van der Waals surface area (Å²) in [5.74, 6) is 0. The molecule has 22 heavy (non-hydrogen) atoms. The lowest BCUT2D eigenvalue weighted by atomic mass is 9.88. The molecule has 0 radical (unpaired) electrons.